The summed E-state index contributed by atoms with van der Waals surface area (Å²) < 4.78 is 5.95. The minimum Gasteiger partial charge on any atom is -0.462 e. The molecule has 0 fully saturated rings. The van der Waals surface area contributed by atoms with Crippen LogP contribution in [0.3, 0.4) is 0 Å². The van der Waals surface area contributed by atoms with E-state index in [2.05, 4.69) is 50.4 Å². The number of aliphatic hydroxyl groups excluding tert-OH is 2. The molecule has 63 heavy (non-hydrogen) atoms. The first kappa shape index (κ1) is 61.3. The molecule has 3 N–H and O–H groups in total. The third-order valence-electron chi connectivity index (χ3n) is 13.0. The van der Waals surface area contributed by atoms with Crippen molar-refractivity contribution in [1.82, 2.24) is 5.32 Å². The number of unbranched alkanes of at least 4 members (excludes halogenated alkanes) is 35. The molecule has 6 heteroatoms. The summed E-state index contributed by atoms with van der Waals surface area (Å²) >= 11 is 0. The van der Waals surface area contributed by atoms with Gasteiger partial charge < -0.3 is 20.3 Å². The van der Waals surface area contributed by atoms with Crippen molar-refractivity contribution in [1.29, 1.82) is 0 Å². The Morgan fingerprint density at radius 2 is 0.810 bits per heavy atom. The SMILES string of the molecule is CCCCC/C=C\C/C=C\CCCCCCCCCC(=O)OC(CCCCCCCCCCCCC)CC(=O)NC(CO)C(O)CCCCCCCCCCCCCCCCCC. The maximum atomic E-state index is 13.2. The Labute approximate surface area is 392 Å². The lowest BCUT2D eigenvalue weighted by molar-refractivity contribution is -0.151. The van der Waals surface area contributed by atoms with Crippen LogP contribution in [-0.4, -0.2) is 46.9 Å². The maximum absolute atomic E-state index is 13.2. The summed E-state index contributed by atoms with van der Waals surface area (Å²) in [6.45, 7) is 6.49. The Hall–Kier alpha value is -1.66. The van der Waals surface area contributed by atoms with E-state index in [1.54, 1.807) is 0 Å². The zero-order valence-corrected chi connectivity index (χ0v) is 42.5. The van der Waals surface area contributed by atoms with Crippen LogP contribution in [0.5, 0.6) is 0 Å². The van der Waals surface area contributed by atoms with Crippen molar-refractivity contribution in [3.63, 3.8) is 0 Å². The van der Waals surface area contributed by atoms with Crippen LogP contribution in [0, 0.1) is 0 Å². The van der Waals surface area contributed by atoms with Gasteiger partial charge >= 0.3 is 5.97 Å². The maximum Gasteiger partial charge on any atom is 0.306 e. The van der Waals surface area contributed by atoms with E-state index in [-0.39, 0.29) is 24.9 Å². The van der Waals surface area contributed by atoms with E-state index >= 15 is 0 Å². The summed E-state index contributed by atoms with van der Waals surface area (Å²) in [5.41, 5.74) is 0. The number of nitrogens with one attached hydrogen (secondary N) is 1. The van der Waals surface area contributed by atoms with Gasteiger partial charge in [-0.25, -0.2) is 0 Å². The fraction of sp³-hybridized carbons (Fsp3) is 0.895. The first-order chi connectivity index (χ1) is 31.0. The molecule has 372 valence electrons. The molecule has 6 nitrogen and oxygen atoms in total. The zero-order valence-electron chi connectivity index (χ0n) is 42.5. The number of allylic oxidation sites excluding steroid dienone is 4. The van der Waals surface area contributed by atoms with Gasteiger partial charge in [0, 0.05) is 6.42 Å². The predicted molar refractivity (Wildman–Crippen MR) is 273 cm³/mol. The predicted octanol–water partition coefficient (Wildman–Crippen LogP) is 17.1. The van der Waals surface area contributed by atoms with Crippen molar-refractivity contribution in [2.45, 2.75) is 322 Å². The number of aliphatic hydroxyl groups is 2. The minimum absolute atomic E-state index is 0.0801. The van der Waals surface area contributed by atoms with E-state index in [0.29, 0.717) is 19.3 Å². The van der Waals surface area contributed by atoms with Gasteiger partial charge in [0.15, 0.2) is 0 Å². The highest BCUT2D eigenvalue weighted by Crippen LogP contribution is 2.19. The van der Waals surface area contributed by atoms with Gasteiger partial charge in [0.25, 0.3) is 0 Å². The quantitative estimate of drug-likeness (QED) is 0.0321. The first-order valence-corrected chi connectivity index (χ1v) is 28.1. The minimum atomic E-state index is -0.785. The Balaban J connectivity index is 4.45. The monoisotopic (exact) mass is 888 g/mol. The molecular weight excluding hydrogens is 779 g/mol. The number of hydrogen-bond donors (Lipinski definition) is 3. The lowest BCUT2D eigenvalue weighted by Gasteiger charge is -2.24. The Kier molecular flexibility index (Phi) is 50.0. The Morgan fingerprint density at radius 1 is 0.460 bits per heavy atom. The van der Waals surface area contributed by atoms with Crippen LogP contribution in [0.4, 0.5) is 0 Å². The molecular formula is C57H109NO5. The molecule has 0 aromatic heterocycles. The smallest absolute Gasteiger partial charge is 0.306 e. The molecule has 0 saturated heterocycles. The second-order valence-corrected chi connectivity index (χ2v) is 19.3. The van der Waals surface area contributed by atoms with Crippen molar-refractivity contribution in [3.05, 3.63) is 24.3 Å². The molecule has 0 aliphatic heterocycles. The fourth-order valence-electron chi connectivity index (χ4n) is 8.76. The highest BCUT2D eigenvalue weighted by atomic mass is 16.5. The summed E-state index contributed by atoms with van der Waals surface area (Å²) in [4.78, 5) is 26.2. The summed E-state index contributed by atoms with van der Waals surface area (Å²) in [5, 5.41) is 23.8. The summed E-state index contributed by atoms with van der Waals surface area (Å²) in [6, 6.07) is -0.698. The summed E-state index contributed by atoms with van der Waals surface area (Å²) in [6.07, 6.45) is 59.5. The molecule has 0 aliphatic carbocycles. The molecule has 0 saturated carbocycles. The van der Waals surface area contributed by atoms with Crippen molar-refractivity contribution in [2.75, 3.05) is 6.61 Å². The Bertz CT molecular complexity index is 997. The third kappa shape index (κ3) is 46.7. The summed E-state index contributed by atoms with van der Waals surface area (Å²) in [7, 11) is 0. The molecule has 3 unspecified atom stereocenters. The van der Waals surface area contributed by atoms with E-state index in [1.165, 1.54) is 199 Å². The van der Waals surface area contributed by atoms with Crippen molar-refractivity contribution >= 4 is 11.9 Å². The van der Waals surface area contributed by atoms with Gasteiger partial charge in [0.05, 0.1) is 25.2 Å². The van der Waals surface area contributed by atoms with Gasteiger partial charge in [-0.3, -0.25) is 9.59 Å². The average molecular weight is 889 g/mol. The Morgan fingerprint density at radius 3 is 1.24 bits per heavy atom. The first-order valence-electron chi connectivity index (χ1n) is 28.1. The topological polar surface area (TPSA) is 95.9 Å². The molecule has 0 aromatic rings. The number of carbonyl (C=O) groups excluding carboxylic acids is 2. The van der Waals surface area contributed by atoms with Crippen LogP contribution in [0.25, 0.3) is 0 Å². The van der Waals surface area contributed by atoms with Crippen molar-refractivity contribution in [3.8, 4) is 0 Å². The number of carbonyl (C=O) groups is 2. The van der Waals surface area contributed by atoms with Crippen molar-refractivity contribution < 1.29 is 24.5 Å². The van der Waals surface area contributed by atoms with Crippen LogP contribution < -0.4 is 5.32 Å². The normalized spacial score (nSPS) is 13.3. The molecule has 0 aromatic carbocycles. The number of rotatable bonds is 51. The number of esters is 1. The standard InChI is InChI=1S/C57H109NO5/c1-4-7-10-13-16-19-22-24-26-28-30-32-35-38-41-44-47-50-57(62)63-53(48-45-42-39-36-33-21-18-15-12-9-6-3)51-56(61)58-54(52-59)55(60)49-46-43-40-37-34-31-29-27-25-23-20-17-14-11-8-5-2/h16,19,24,26,53-55,59-60H,4-15,17-18,20-23,25,27-52H2,1-3H3,(H,58,61)/b19-16-,26-24-. The summed E-state index contributed by atoms with van der Waals surface area (Å²) in [5.74, 6) is -0.466. The van der Waals surface area contributed by atoms with Crippen LogP contribution in [0.1, 0.15) is 303 Å². The molecule has 0 aliphatic rings. The second kappa shape index (κ2) is 51.3. The van der Waals surface area contributed by atoms with E-state index in [1.807, 2.05) is 0 Å². The lowest BCUT2D eigenvalue weighted by Crippen LogP contribution is -2.46. The second-order valence-electron chi connectivity index (χ2n) is 19.3. The molecule has 0 radical (unpaired) electrons. The number of amides is 1. The van der Waals surface area contributed by atoms with Gasteiger partial charge in [-0.05, 0) is 57.8 Å². The van der Waals surface area contributed by atoms with Crippen LogP contribution in [0.15, 0.2) is 24.3 Å². The number of hydrogen-bond acceptors (Lipinski definition) is 5. The van der Waals surface area contributed by atoms with Crippen LogP contribution in [0.2, 0.25) is 0 Å². The number of ether oxygens (including phenoxy) is 1. The van der Waals surface area contributed by atoms with E-state index in [0.717, 1.165) is 57.8 Å². The molecule has 0 heterocycles. The van der Waals surface area contributed by atoms with Gasteiger partial charge in [-0.2, -0.15) is 0 Å². The van der Waals surface area contributed by atoms with E-state index < -0.39 is 18.2 Å². The molecule has 1 amide bonds. The molecule has 3 atom stereocenters. The van der Waals surface area contributed by atoms with E-state index in [9.17, 15) is 19.8 Å². The van der Waals surface area contributed by atoms with Gasteiger partial charge in [-0.15, -0.1) is 0 Å². The van der Waals surface area contributed by atoms with Crippen molar-refractivity contribution in [2.24, 2.45) is 0 Å². The van der Waals surface area contributed by atoms with Crippen LogP contribution in [-0.2, 0) is 14.3 Å². The molecule has 0 rings (SSSR count). The van der Waals surface area contributed by atoms with E-state index in [4.69, 9.17) is 4.74 Å². The fourth-order valence-corrected chi connectivity index (χ4v) is 8.76. The van der Waals surface area contributed by atoms with Gasteiger partial charge in [0.2, 0.25) is 5.91 Å². The van der Waals surface area contributed by atoms with Crippen LogP contribution >= 0.6 is 0 Å². The largest absolute Gasteiger partial charge is 0.462 e. The molecule has 0 bridgehead atoms. The van der Waals surface area contributed by atoms with Gasteiger partial charge in [-0.1, -0.05) is 257 Å². The highest BCUT2D eigenvalue weighted by Gasteiger charge is 2.24. The molecule has 0 spiro atoms. The highest BCUT2D eigenvalue weighted by molar-refractivity contribution is 5.77. The lowest BCUT2D eigenvalue weighted by atomic mass is 10.0. The third-order valence-corrected chi connectivity index (χ3v) is 13.0. The zero-order chi connectivity index (χ0) is 45.9. The van der Waals surface area contributed by atoms with Gasteiger partial charge in [0.1, 0.15) is 6.10 Å². The average Bonchev–Trinajstić information content (AvgIpc) is 3.28.